The second-order valence-electron chi connectivity index (χ2n) is 6.08. The van der Waals surface area contributed by atoms with Gasteiger partial charge in [0.25, 0.3) is 5.91 Å². The lowest BCUT2D eigenvalue weighted by molar-refractivity contribution is 0.0740. The quantitative estimate of drug-likeness (QED) is 0.736. The third kappa shape index (κ3) is 3.03. The number of anilines is 1. The second kappa shape index (κ2) is 6.47. The molecule has 1 saturated heterocycles. The van der Waals surface area contributed by atoms with Crippen molar-refractivity contribution in [2.75, 3.05) is 38.2 Å². The van der Waals surface area contributed by atoms with E-state index in [4.69, 9.17) is 4.74 Å². The van der Waals surface area contributed by atoms with Gasteiger partial charge in [-0.25, -0.2) is 4.52 Å². The number of aromatic nitrogens is 2. The van der Waals surface area contributed by atoms with Crippen LogP contribution in [0.15, 0.2) is 54.7 Å². The van der Waals surface area contributed by atoms with E-state index in [0.717, 1.165) is 30.0 Å². The van der Waals surface area contributed by atoms with Crippen LogP contribution >= 0.6 is 0 Å². The molecule has 0 radical (unpaired) electrons. The zero-order chi connectivity index (χ0) is 17.2. The Labute approximate surface area is 146 Å². The van der Waals surface area contributed by atoms with Crippen LogP contribution < -0.4 is 9.64 Å². The Kier molecular flexibility index (Phi) is 4.01. The molecule has 3 heterocycles. The van der Waals surface area contributed by atoms with E-state index in [1.54, 1.807) is 11.6 Å². The lowest BCUT2D eigenvalue weighted by atomic mass is 10.2. The van der Waals surface area contributed by atoms with Gasteiger partial charge in [-0.1, -0.05) is 6.07 Å². The van der Waals surface area contributed by atoms with Crippen LogP contribution in [0.5, 0.6) is 5.75 Å². The Bertz CT molecular complexity index is 847. The van der Waals surface area contributed by atoms with Crippen molar-refractivity contribution in [1.82, 2.24) is 14.5 Å². The van der Waals surface area contributed by atoms with Crippen molar-refractivity contribution >= 4 is 17.1 Å². The fourth-order valence-corrected chi connectivity index (χ4v) is 3.17. The number of carbonyl (C=O) groups is 1. The molecule has 1 aromatic carbocycles. The summed E-state index contributed by atoms with van der Waals surface area (Å²) in [6.07, 6.45) is 1.85. The van der Waals surface area contributed by atoms with Gasteiger partial charge in [0.05, 0.1) is 12.6 Å². The molecular weight excluding hydrogens is 316 g/mol. The van der Waals surface area contributed by atoms with Crippen LogP contribution in [-0.4, -0.2) is 53.7 Å². The zero-order valence-electron chi connectivity index (χ0n) is 14.1. The Hall–Kier alpha value is -3.02. The molecule has 128 valence electrons. The maximum absolute atomic E-state index is 12.7. The summed E-state index contributed by atoms with van der Waals surface area (Å²) in [6.45, 7) is 3.01. The Morgan fingerprint density at radius 1 is 1.04 bits per heavy atom. The Balaban J connectivity index is 1.43. The number of ether oxygens (including phenoxy) is 1. The third-order valence-electron chi connectivity index (χ3n) is 4.59. The highest BCUT2D eigenvalue weighted by atomic mass is 16.5. The van der Waals surface area contributed by atoms with E-state index in [0.29, 0.717) is 18.8 Å². The van der Waals surface area contributed by atoms with Gasteiger partial charge < -0.3 is 14.5 Å². The number of methoxy groups -OCH3 is 1. The number of fused-ring (bicyclic) bond motifs is 1. The number of pyridine rings is 1. The smallest absolute Gasteiger partial charge is 0.274 e. The molecule has 0 unspecified atom stereocenters. The predicted octanol–water partition coefficient (Wildman–Crippen LogP) is 2.31. The van der Waals surface area contributed by atoms with E-state index < -0.39 is 0 Å². The molecule has 6 nitrogen and oxygen atoms in total. The van der Waals surface area contributed by atoms with Gasteiger partial charge in [0.1, 0.15) is 5.75 Å². The Morgan fingerprint density at radius 3 is 2.48 bits per heavy atom. The number of hydrogen-bond acceptors (Lipinski definition) is 4. The molecule has 1 fully saturated rings. The summed E-state index contributed by atoms with van der Waals surface area (Å²) in [5, 5.41) is 4.38. The van der Waals surface area contributed by atoms with Gasteiger partial charge in [0.15, 0.2) is 5.69 Å². The lowest BCUT2D eigenvalue weighted by Crippen LogP contribution is -2.48. The average molecular weight is 336 g/mol. The molecule has 0 spiro atoms. The first-order valence-corrected chi connectivity index (χ1v) is 8.37. The molecule has 0 bridgehead atoms. The van der Waals surface area contributed by atoms with Crippen LogP contribution in [0.4, 0.5) is 5.69 Å². The molecule has 2 aromatic heterocycles. The molecular formula is C19H20N4O2. The molecule has 1 aliphatic rings. The topological polar surface area (TPSA) is 50.1 Å². The summed E-state index contributed by atoms with van der Waals surface area (Å²) in [5.41, 5.74) is 2.59. The van der Waals surface area contributed by atoms with Crippen LogP contribution in [0.1, 0.15) is 10.5 Å². The van der Waals surface area contributed by atoms with Crippen LogP contribution in [0.3, 0.4) is 0 Å². The van der Waals surface area contributed by atoms with Crippen molar-refractivity contribution < 1.29 is 9.53 Å². The maximum atomic E-state index is 12.7. The van der Waals surface area contributed by atoms with E-state index in [9.17, 15) is 4.79 Å². The van der Waals surface area contributed by atoms with E-state index in [1.165, 1.54) is 0 Å². The summed E-state index contributed by atoms with van der Waals surface area (Å²) >= 11 is 0. The van der Waals surface area contributed by atoms with Gasteiger partial charge in [-0.2, -0.15) is 5.10 Å². The van der Waals surface area contributed by atoms with E-state index in [-0.39, 0.29) is 5.91 Å². The van der Waals surface area contributed by atoms with Crippen molar-refractivity contribution in [2.45, 2.75) is 0 Å². The third-order valence-corrected chi connectivity index (χ3v) is 4.59. The van der Waals surface area contributed by atoms with Crippen LogP contribution in [-0.2, 0) is 0 Å². The van der Waals surface area contributed by atoms with Gasteiger partial charge in [0, 0.05) is 38.1 Å². The number of amides is 1. The largest absolute Gasteiger partial charge is 0.497 e. The molecule has 0 atom stereocenters. The van der Waals surface area contributed by atoms with Crippen molar-refractivity contribution in [3.63, 3.8) is 0 Å². The molecule has 25 heavy (non-hydrogen) atoms. The van der Waals surface area contributed by atoms with Crippen molar-refractivity contribution in [2.24, 2.45) is 0 Å². The summed E-state index contributed by atoms with van der Waals surface area (Å²) in [4.78, 5) is 16.9. The van der Waals surface area contributed by atoms with Gasteiger partial charge in [-0.3, -0.25) is 4.79 Å². The molecule has 0 N–H and O–H groups in total. The minimum Gasteiger partial charge on any atom is -0.497 e. The van der Waals surface area contributed by atoms with Gasteiger partial charge >= 0.3 is 0 Å². The maximum Gasteiger partial charge on any atom is 0.274 e. The van der Waals surface area contributed by atoms with Crippen LogP contribution in [0.2, 0.25) is 0 Å². The number of nitrogens with zero attached hydrogens (tertiary/aromatic N) is 4. The first-order valence-electron chi connectivity index (χ1n) is 8.37. The monoisotopic (exact) mass is 336 g/mol. The lowest BCUT2D eigenvalue weighted by Gasteiger charge is -2.35. The average Bonchev–Trinajstić information content (AvgIpc) is 3.12. The SMILES string of the molecule is COc1ccc(N2CCN(C(=O)c3cc4ccccn4n3)CC2)cc1. The minimum absolute atomic E-state index is 0.00178. The second-order valence-corrected chi connectivity index (χ2v) is 6.08. The highest BCUT2D eigenvalue weighted by Crippen LogP contribution is 2.21. The molecule has 0 aliphatic carbocycles. The fraction of sp³-hybridized carbons (Fsp3) is 0.263. The molecule has 6 heteroatoms. The first kappa shape index (κ1) is 15.5. The highest BCUT2D eigenvalue weighted by molar-refractivity contribution is 5.93. The van der Waals surface area contributed by atoms with E-state index >= 15 is 0 Å². The summed E-state index contributed by atoms with van der Waals surface area (Å²) in [5.74, 6) is 0.850. The minimum atomic E-state index is -0.00178. The van der Waals surface area contributed by atoms with E-state index in [1.807, 2.05) is 47.5 Å². The summed E-state index contributed by atoms with van der Waals surface area (Å²) < 4.78 is 6.94. The van der Waals surface area contributed by atoms with Gasteiger partial charge in [-0.05, 0) is 42.5 Å². The molecule has 0 saturated carbocycles. The number of rotatable bonds is 3. The first-order chi connectivity index (χ1) is 12.2. The predicted molar refractivity (Wildman–Crippen MR) is 96.3 cm³/mol. The number of carbonyl (C=O) groups excluding carboxylic acids is 1. The van der Waals surface area contributed by atoms with Crippen molar-refractivity contribution in [3.05, 3.63) is 60.4 Å². The fourth-order valence-electron chi connectivity index (χ4n) is 3.17. The summed E-state index contributed by atoms with van der Waals surface area (Å²) in [6, 6.07) is 15.7. The highest BCUT2D eigenvalue weighted by Gasteiger charge is 2.24. The normalized spacial score (nSPS) is 14.8. The standard InChI is InChI=1S/C19H20N4O2/c1-25-17-7-5-15(6-8-17)21-10-12-22(13-11-21)19(24)18-14-16-4-2-3-9-23(16)20-18/h2-9,14H,10-13H2,1H3. The summed E-state index contributed by atoms with van der Waals surface area (Å²) in [7, 11) is 1.67. The van der Waals surface area contributed by atoms with Crippen molar-refractivity contribution in [3.8, 4) is 5.75 Å². The number of benzene rings is 1. The Morgan fingerprint density at radius 2 is 1.80 bits per heavy atom. The zero-order valence-corrected chi connectivity index (χ0v) is 14.1. The molecule has 1 amide bonds. The number of piperazine rings is 1. The van der Waals surface area contributed by atoms with E-state index in [2.05, 4.69) is 22.1 Å². The van der Waals surface area contributed by atoms with Crippen molar-refractivity contribution in [1.29, 1.82) is 0 Å². The van der Waals surface area contributed by atoms with Gasteiger partial charge in [0.2, 0.25) is 0 Å². The molecule has 1 aliphatic heterocycles. The van der Waals surface area contributed by atoms with Gasteiger partial charge in [-0.15, -0.1) is 0 Å². The van der Waals surface area contributed by atoms with Crippen LogP contribution in [0, 0.1) is 0 Å². The molecule has 3 aromatic rings. The molecule has 4 rings (SSSR count). The van der Waals surface area contributed by atoms with Crippen LogP contribution in [0.25, 0.3) is 5.52 Å². The number of hydrogen-bond donors (Lipinski definition) is 0.